The lowest BCUT2D eigenvalue weighted by atomic mass is 9.86. The van der Waals surface area contributed by atoms with Gasteiger partial charge in [0.25, 0.3) is 5.91 Å². The Bertz CT molecular complexity index is 2010. The number of alkyl halides is 21. The molecular formula is C40H44F21N4O4+. The number of carbonyl (C=O) groups excluding carboxylic acids is 2. The van der Waals surface area contributed by atoms with Crippen LogP contribution in [0.4, 0.5) is 104 Å². The molecule has 0 bridgehead atoms. The van der Waals surface area contributed by atoms with Gasteiger partial charge in [-0.1, -0.05) is 32.1 Å². The summed E-state index contributed by atoms with van der Waals surface area (Å²) in [6.07, 6.45) is -2.20. The standard InChI is InChI=1S/C40H43F21N4O4/c1-65(2,3)21-10-8-6-4-5-7-9-11-22-68-28-18-16-27(17-19-28)64-63-26-14-12-25(13-15-26)30(67)62-24-29(66)69-23-20-31(41,42)32(43,44)33(45,46)34(47,48)35(49,50)36(51,52)37(53,54)38(55,56)39(57,58)40(59,60)61/h12-19H,4-11,20-24H2,1-3H3/p+1. The van der Waals surface area contributed by atoms with E-state index in [-0.39, 0.29) is 11.3 Å². The van der Waals surface area contributed by atoms with Crippen molar-refractivity contribution in [2.45, 2.75) is 117 Å². The molecule has 0 aliphatic rings. The maximum atomic E-state index is 14.2. The normalized spacial score (nSPS) is 14.3. The van der Waals surface area contributed by atoms with Crippen LogP contribution in [0.5, 0.6) is 5.75 Å². The average Bonchev–Trinajstić information content (AvgIpc) is 3.23. The SMILES string of the molecule is C[N+](C)(C)CCCCCCCCCCOc1ccc(N=Nc2ccc(C(=O)NCC(=O)OCCC(F)(F)C(F)(F)C(F)(F)C(F)(F)C(F)(F)C(F)(F)C(F)(F)C(F)(F)C(F)(F)C(F)(F)F)cc2)cc1. The summed E-state index contributed by atoms with van der Waals surface area (Å²) in [7, 11) is 6.51. The first-order chi connectivity index (χ1) is 31.2. The third-order valence-electron chi connectivity index (χ3n) is 9.89. The molecule has 1 N–H and O–H groups in total. The number of ether oxygens (including phenoxy) is 2. The fourth-order valence-corrected chi connectivity index (χ4v) is 5.69. The maximum Gasteiger partial charge on any atom is 0.460 e. The summed E-state index contributed by atoms with van der Waals surface area (Å²) < 4.78 is 296. The van der Waals surface area contributed by atoms with Crippen LogP contribution in [0.2, 0.25) is 0 Å². The molecule has 0 unspecified atom stereocenters. The molecule has 0 heterocycles. The maximum absolute atomic E-state index is 14.2. The zero-order valence-electron chi connectivity index (χ0n) is 36.2. The Kier molecular flexibility index (Phi) is 19.4. The molecule has 0 saturated heterocycles. The molecule has 0 aliphatic carbocycles. The van der Waals surface area contributed by atoms with Crippen LogP contribution in [0.15, 0.2) is 58.8 Å². The first-order valence-electron chi connectivity index (χ1n) is 20.1. The second-order valence-electron chi connectivity index (χ2n) is 16.4. The van der Waals surface area contributed by atoms with Crippen molar-refractivity contribution in [1.29, 1.82) is 0 Å². The van der Waals surface area contributed by atoms with Crippen molar-refractivity contribution in [2.75, 3.05) is 47.4 Å². The van der Waals surface area contributed by atoms with Crippen LogP contribution in [-0.4, -0.2) is 123 Å². The van der Waals surface area contributed by atoms with Crippen molar-refractivity contribution in [3.63, 3.8) is 0 Å². The lowest BCUT2D eigenvalue weighted by molar-refractivity contribution is -0.870. The fraction of sp³-hybridized carbons (Fsp3) is 0.650. The van der Waals surface area contributed by atoms with Gasteiger partial charge in [-0.05, 0) is 67.8 Å². The summed E-state index contributed by atoms with van der Waals surface area (Å²) in [4.78, 5) is 24.2. The van der Waals surface area contributed by atoms with Crippen molar-refractivity contribution in [2.24, 2.45) is 10.2 Å². The van der Waals surface area contributed by atoms with E-state index in [1.165, 1.54) is 37.8 Å². The Labute approximate surface area is 379 Å². The number of nitrogens with one attached hydrogen (secondary N) is 1. The molecule has 29 heteroatoms. The van der Waals surface area contributed by atoms with Crippen molar-refractivity contribution >= 4 is 23.3 Å². The summed E-state index contributed by atoms with van der Waals surface area (Å²) in [5.41, 5.74) is 0.347. The third-order valence-corrected chi connectivity index (χ3v) is 9.89. The predicted octanol–water partition coefficient (Wildman–Crippen LogP) is 13.3. The predicted molar refractivity (Wildman–Crippen MR) is 201 cm³/mol. The van der Waals surface area contributed by atoms with E-state index in [0.29, 0.717) is 18.0 Å². The highest BCUT2D eigenvalue weighted by molar-refractivity contribution is 5.96. The highest BCUT2D eigenvalue weighted by Crippen LogP contribution is 2.66. The van der Waals surface area contributed by atoms with E-state index in [1.807, 2.05) is 0 Å². The summed E-state index contributed by atoms with van der Waals surface area (Å²) in [5.74, 6) is -80.6. The Morgan fingerprint density at radius 1 is 0.493 bits per heavy atom. The molecule has 0 fully saturated rings. The van der Waals surface area contributed by atoms with Crippen LogP contribution in [0.3, 0.4) is 0 Å². The van der Waals surface area contributed by atoms with Gasteiger partial charge < -0.3 is 19.3 Å². The average molecular weight is 1040 g/mol. The number of benzene rings is 2. The van der Waals surface area contributed by atoms with Crippen molar-refractivity contribution in [3.8, 4) is 5.75 Å². The number of quaternary nitrogens is 1. The fourth-order valence-electron chi connectivity index (χ4n) is 5.69. The molecule has 0 atom stereocenters. The van der Waals surface area contributed by atoms with E-state index >= 15 is 0 Å². The van der Waals surface area contributed by atoms with Gasteiger partial charge in [-0.15, -0.1) is 0 Å². The van der Waals surface area contributed by atoms with Gasteiger partial charge in [-0.25, -0.2) is 0 Å². The van der Waals surface area contributed by atoms with Crippen LogP contribution in [-0.2, 0) is 9.53 Å². The number of hydrogen-bond acceptors (Lipinski definition) is 6. The molecule has 8 nitrogen and oxygen atoms in total. The zero-order valence-corrected chi connectivity index (χ0v) is 36.2. The molecule has 0 spiro atoms. The molecule has 394 valence electrons. The van der Waals surface area contributed by atoms with Gasteiger partial charge in [0.15, 0.2) is 0 Å². The number of amides is 1. The molecule has 2 aromatic rings. The summed E-state index contributed by atoms with van der Waals surface area (Å²) in [6, 6.07) is 11.3. The van der Waals surface area contributed by atoms with Crippen LogP contribution in [0, 0.1) is 0 Å². The van der Waals surface area contributed by atoms with Crippen molar-refractivity contribution in [1.82, 2.24) is 5.32 Å². The first-order valence-corrected chi connectivity index (χ1v) is 20.1. The van der Waals surface area contributed by atoms with Crippen LogP contribution in [0.25, 0.3) is 0 Å². The number of unbranched alkanes of at least 4 members (excludes halogenated alkanes) is 7. The minimum atomic E-state index is -9.28. The van der Waals surface area contributed by atoms with Crippen LogP contribution in [0.1, 0.15) is 68.1 Å². The minimum absolute atomic E-state index is 0.180. The lowest BCUT2D eigenvalue weighted by Crippen LogP contribution is -2.76. The third kappa shape index (κ3) is 13.6. The molecule has 2 rings (SSSR count). The van der Waals surface area contributed by atoms with Gasteiger partial charge in [0.05, 0.1) is 58.7 Å². The van der Waals surface area contributed by atoms with E-state index in [4.69, 9.17) is 4.74 Å². The molecule has 1 amide bonds. The number of rotatable bonds is 28. The smallest absolute Gasteiger partial charge is 0.460 e. The monoisotopic (exact) mass is 1040 g/mol. The largest absolute Gasteiger partial charge is 0.494 e. The highest BCUT2D eigenvalue weighted by atomic mass is 19.4. The summed E-state index contributed by atoms with van der Waals surface area (Å²) >= 11 is 0. The van der Waals surface area contributed by atoms with Crippen LogP contribution < -0.4 is 10.1 Å². The summed E-state index contributed by atoms with van der Waals surface area (Å²) in [5, 5.41) is 9.78. The second-order valence-corrected chi connectivity index (χ2v) is 16.4. The number of azo groups is 1. The summed E-state index contributed by atoms with van der Waals surface area (Å²) in [6.45, 7) is -1.96. The van der Waals surface area contributed by atoms with E-state index in [1.54, 1.807) is 29.6 Å². The molecule has 69 heavy (non-hydrogen) atoms. The van der Waals surface area contributed by atoms with Crippen LogP contribution >= 0.6 is 0 Å². The number of nitrogens with zero attached hydrogens (tertiary/aromatic N) is 3. The Morgan fingerprint density at radius 2 is 0.870 bits per heavy atom. The molecule has 0 aromatic heterocycles. The van der Waals surface area contributed by atoms with Crippen molar-refractivity contribution < 1.29 is 116 Å². The molecule has 0 aliphatic heterocycles. The van der Waals surface area contributed by atoms with Gasteiger partial charge in [0.2, 0.25) is 0 Å². The van der Waals surface area contributed by atoms with E-state index < -0.39 is 90.9 Å². The van der Waals surface area contributed by atoms with Crippen molar-refractivity contribution in [3.05, 3.63) is 54.1 Å². The van der Waals surface area contributed by atoms with Gasteiger partial charge in [0.1, 0.15) is 12.3 Å². The number of carbonyl (C=O) groups is 2. The second kappa shape index (κ2) is 22.1. The molecular weight excluding hydrogens is 999 g/mol. The minimum Gasteiger partial charge on any atom is -0.494 e. The topological polar surface area (TPSA) is 89.4 Å². The van der Waals surface area contributed by atoms with Gasteiger partial charge >= 0.3 is 65.4 Å². The number of halogens is 21. The van der Waals surface area contributed by atoms with E-state index in [9.17, 15) is 102 Å². The Hall–Kier alpha value is -4.73. The van der Waals surface area contributed by atoms with E-state index in [0.717, 1.165) is 48.8 Å². The molecule has 2 aromatic carbocycles. The number of hydrogen-bond donors (Lipinski definition) is 1. The highest BCUT2D eigenvalue weighted by Gasteiger charge is 2.97. The Balaban J connectivity index is 1.92. The van der Waals surface area contributed by atoms with Gasteiger partial charge in [0, 0.05) is 5.56 Å². The molecule has 0 saturated carbocycles. The first kappa shape index (κ1) is 60.4. The van der Waals surface area contributed by atoms with Gasteiger partial charge in [-0.2, -0.15) is 102 Å². The van der Waals surface area contributed by atoms with E-state index in [2.05, 4.69) is 36.1 Å². The zero-order chi connectivity index (χ0) is 53.3. The quantitative estimate of drug-likeness (QED) is 0.0302. The lowest BCUT2D eigenvalue weighted by Gasteiger charge is -2.44. The Morgan fingerprint density at radius 3 is 1.29 bits per heavy atom. The number of esters is 1. The van der Waals surface area contributed by atoms with Gasteiger partial charge in [-0.3, -0.25) is 9.59 Å². The molecule has 0 radical (unpaired) electrons.